The minimum absolute atomic E-state index is 0.0797. The molecule has 3 rings (SSSR count). The summed E-state index contributed by atoms with van der Waals surface area (Å²) in [5.74, 6) is -0.545. The van der Waals surface area contributed by atoms with E-state index in [1.54, 1.807) is 24.4 Å². The van der Waals surface area contributed by atoms with Crippen molar-refractivity contribution in [3.8, 4) is 11.4 Å². The molecule has 2 N–H and O–H groups in total. The Hall–Kier alpha value is -2.86. The summed E-state index contributed by atoms with van der Waals surface area (Å²) in [6.45, 7) is 6.08. The molecule has 0 aliphatic carbocycles. The first-order valence-corrected chi connectivity index (χ1v) is 9.25. The Morgan fingerprint density at radius 2 is 1.74 bits per heavy atom. The van der Waals surface area contributed by atoms with Gasteiger partial charge >= 0.3 is 0 Å². The number of phenols is 1. The number of nitrogens with zero attached hydrogens (tertiary/aromatic N) is 2. The molecular formula is C21H20BrN3O2. The largest absolute Gasteiger partial charge is 0.507 e. The van der Waals surface area contributed by atoms with Gasteiger partial charge in [0, 0.05) is 27.1 Å². The maximum Gasteiger partial charge on any atom is 0.275 e. The number of para-hydroxylation sites is 1. The molecule has 0 aliphatic heterocycles. The number of carbonyl (C=O) groups is 1. The first kappa shape index (κ1) is 18.9. The summed E-state index contributed by atoms with van der Waals surface area (Å²) in [5, 5.41) is 13.8. The van der Waals surface area contributed by atoms with Gasteiger partial charge in [0.2, 0.25) is 0 Å². The van der Waals surface area contributed by atoms with Gasteiger partial charge in [0.15, 0.2) is 0 Å². The van der Waals surface area contributed by atoms with E-state index in [2.05, 4.69) is 62.2 Å². The molecule has 138 valence electrons. The molecular weight excluding hydrogens is 406 g/mol. The molecule has 6 heteroatoms. The minimum atomic E-state index is -0.465. The van der Waals surface area contributed by atoms with E-state index in [0.717, 1.165) is 27.1 Å². The van der Waals surface area contributed by atoms with Crippen molar-refractivity contribution in [2.45, 2.75) is 20.8 Å². The van der Waals surface area contributed by atoms with Crippen molar-refractivity contribution in [3.63, 3.8) is 0 Å². The summed E-state index contributed by atoms with van der Waals surface area (Å²) in [4.78, 5) is 12.1. The Labute approximate surface area is 166 Å². The number of amides is 1. The van der Waals surface area contributed by atoms with Gasteiger partial charge in [0.05, 0.1) is 11.8 Å². The van der Waals surface area contributed by atoms with Crippen LogP contribution in [0.4, 0.5) is 0 Å². The second-order valence-corrected chi connectivity index (χ2v) is 7.08. The lowest BCUT2D eigenvalue weighted by atomic mass is 10.2. The predicted molar refractivity (Wildman–Crippen MR) is 111 cm³/mol. The number of benzene rings is 2. The zero-order chi connectivity index (χ0) is 19.6. The Morgan fingerprint density at radius 1 is 1.07 bits per heavy atom. The number of hydrogen-bond donors (Lipinski definition) is 2. The molecule has 27 heavy (non-hydrogen) atoms. The molecule has 1 aromatic heterocycles. The standard InChI is InChI=1S/C21H20BrN3O2/c1-13-8-10-16(11-9-13)25-14(2)18(20(22)15(25)3)12-23-24-21(27)17-6-4-5-7-19(17)26/h4-12,26H,1-3H3,(H,24,27)/b23-12-. The van der Waals surface area contributed by atoms with E-state index in [-0.39, 0.29) is 11.3 Å². The normalized spacial score (nSPS) is 11.1. The van der Waals surface area contributed by atoms with Crippen molar-refractivity contribution in [1.82, 2.24) is 9.99 Å². The van der Waals surface area contributed by atoms with Crippen LogP contribution < -0.4 is 5.43 Å². The van der Waals surface area contributed by atoms with E-state index < -0.39 is 5.91 Å². The summed E-state index contributed by atoms with van der Waals surface area (Å²) >= 11 is 3.62. The zero-order valence-corrected chi connectivity index (χ0v) is 16.9. The molecule has 1 amide bonds. The minimum Gasteiger partial charge on any atom is -0.507 e. The molecule has 0 saturated carbocycles. The Kier molecular flexibility index (Phi) is 5.46. The van der Waals surface area contributed by atoms with Crippen LogP contribution in [0.5, 0.6) is 5.75 Å². The number of aromatic nitrogens is 1. The van der Waals surface area contributed by atoms with Crippen molar-refractivity contribution in [2.75, 3.05) is 0 Å². The molecule has 0 saturated heterocycles. The molecule has 0 unspecified atom stereocenters. The third-order valence-corrected chi connectivity index (χ3v) is 5.42. The number of hydrogen-bond acceptors (Lipinski definition) is 3. The van der Waals surface area contributed by atoms with E-state index in [0.29, 0.717) is 0 Å². The molecule has 1 heterocycles. The van der Waals surface area contributed by atoms with Crippen LogP contribution in [0, 0.1) is 20.8 Å². The summed E-state index contributed by atoms with van der Waals surface area (Å²) in [6.07, 6.45) is 1.61. The topological polar surface area (TPSA) is 66.6 Å². The van der Waals surface area contributed by atoms with E-state index in [4.69, 9.17) is 0 Å². The number of hydrazone groups is 1. The van der Waals surface area contributed by atoms with Crippen molar-refractivity contribution in [3.05, 3.63) is 81.1 Å². The fourth-order valence-electron chi connectivity index (χ4n) is 2.94. The SMILES string of the molecule is Cc1ccc(-n2c(C)c(Br)c(/C=N\NC(=O)c3ccccc3O)c2C)cc1. The molecule has 3 aromatic rings. The number of aromatic hydroxyl groups is 1. The lowest BCUT2D eigenvalue weighted by Gasteiger charge is -2.09. The maximum absolute atomic E-state index is 12.1. The second kappa shape index (κ2) is 7.80. The highest BCUT2D eigenvalue weighted by molar-refractivity contribution is 9.10. The fourth-order valence-corrected chi connectivity index (χ4v) is 3.50. The molecule has 0 bridgehead atoms. The van der Waals surface area contributed by atoms with Gasteiger partial charge < -0.3 is 9.67 Å². The average molecular weight is 426 g/mol. The quantitative estimate of drug-likeness (QED) is 0.472. The van der Waals surface area contributed by atoms with Crippen LogP contribution in [0.15, 0.2) is 58.1 Å². The van der Waals surface area contributed by atoms with Gasteiger partial charge in [-0.05, 0) is 61.0 Å². The number of carbonyl (C=O) groups excluding carboxylic acids is 1. The second-order valence-electron chi connectivity index (χ2n) is 6.29. The lowest BCUT2D eigenvalue weighted by molar-refractivity contribution is 0.0952. The van der Waals surface area contributed by atoms with Gasteiger partial charge in [0.1, 0.15) is 5.75 Å². The van der Waals surface area contributed by atoms with Crippen LogP contribution in [-0.4, -0.2) is 21.8 Å². The first-order valence-electron chi connectivity index (χ1n) is 8.46. The van der Waals surface area contributed by atoms with E-state index in [1.165, 1.54) is 11.6 Å². The molecule has 2 aromatic carbocycles. The van der Waals surface area contributed by atoms with Crippen LogP contribution >= 0.6 is 15.9 Å². The van der Waals surface area contributed by atoms with Crippen molar-refractivity contribution in [1.29, 1.82) is 0 Å². The highest BCUT2D eigenvalue weighted by atomic mass is 79.9. The third-order valence-electron chi connectivity index (χ3n) is 4.42. The molecule has 5 nitrogen and oxygen atoms in total. The molecule has 0 aliphatic rings. The first-order chi connectivity index (χ1) is 12.9. The fraction of sp³-hybridized carbons (Fsp3) is 0.143. The maximum atomic E-state index is 12.1. The Balaban J connectivity index is 1.86. The number of phenolic OH excluding ortho intramolecular Hbond substituents is 1. The highest BCUT2D eigenvalue weighted by Gasteiger charge is 2.16. The molecule has 0 spiro atoms. The molecule has 0 fully saturated rings. The van der Waals surface area contributed by atoms with E-state index in [1.807, 2.05) is 13.8 Å². The van der Waals surface area contributed by atoms with Gasteiger partial charge in [-0.25, -0.2) is 5.43 Å². The van der Waals surface area contributed by atoms with Crippen LogP contribution in [0.2, 0.25) is 0 Å². The van der Waals surface area contributed by atoms with Gasteiger partial charge in [-0.2, -0.15) is 5.10 Å². The van der Waals surface area contributed by atoms with Crippen LogP contribution in [0.3, 0.4) is 0 Å². The Morgan fingerprint density at radius 3 is 2.41 bits per heavy atom. The smallest absolute Gasteiger partial charge is 0.275 e. The van der Waals surface area contributed by atoms with Gasteiger partial charge in [-0.3, -0.25) is 4.79 Å². The number of rotatable bonds is 4. The average Bonchev–Trinajstić information content (AvgIpc) is 2.86. The number of aryl methyl sites for hydroxylation is 1. The number of nitrogens with one attached hydrogen (secondary N) is 1. The van der Waals surface area contributed by atoms with Crippen LogP contribution in [-0.2, 0) is 0 Å². The summed E-state index contributed by atoms with van der Waals surface area (Å²) in [7, 11) is 0. The van der Waals surface area contributed by atoms with Crippen molar-refractivity contribution >= 4 is 28.1 Å². The Bertz CT molecular complexity index is 1020. The van der Waals surface area contributed by atoms with Gasteiger partial charge in [0.25, 0.3) is 5.91 Å². The van der Waals surface area contributed by atoms with E-state index >= 15 is 0 Å². The summed E-state index contributed by atoms with van der Waals surface area (Å²) in [6, 6.07) is 14.6. The third kappa shape index (κ3) is 3.80. The molecule has 0 atom stereocenters. The van der Waals surface area contributed by atoms with Crippen molar-refractivity contribution in [2.24, 2.45) is 5.10 Å². The predicted octanol–water partition coefficient (Wildman–Crippen LogP) is 4.63. The summed E-state index contributed by atoms with van der Waals surface area (Å²) in [5.41, 5.74) is 7.84. The number of halogens is 1. The monoisotopic (exact) mass is 425 g/mol. The lowest BCUT2D eigenvalue weighted by Crippen LogP contribution is -2.17. The summed E-state index contributed by atoms with van der Waals surface area (Å²) < 4.78 is 3.05. The van der Waals surface area contributed by atoms with E-state index in [9.17, 15) is 9.90 Å². The van der Waals surface area contributed by atoms with Gasteiger partial charge in [-0.15, -0.1) is 0 Å². The highest BCUT2D eigenvalue weighted by Crippen LogP contribution is 2.29. The van der Waals surface area contributed by atoms with Crippen LogP contribution in [0.1, 0.15) is 32.9 Å². The van der Waals surface area contributed by atoms with Crippen molar-refractivity contribution < 1.29 is 9.90 Å². The van der Waals surface area contributed by atoms with Gasteiger partial charge in [-0.1, -0.05) is 29.8 Å². The zero-order valence-electron chi connectivity index (χ0n) is 15.3. The molecule has 0 radical (unpaired) electrons. The van der Waals surface area contributed by atoms with Crippen LogP contribution in [0.25, 0.3) is 5.69 Å².